The van der Waals surface area contributed by atoms with Crippen LogP contribution in [-0.2, 0) is 26.0 Å². The SMILES string of the molecule is CC(C)OC(=O)C[C@H](NC(=O)c1ccc2c(c1)CCCN2S(C)(=O)=O)c1ccccc1Cl. The van der Waals surface area contributed by atoms with Crippen LogP contribution in [0.3, 0.4) is 0 Å². The molecule has 172 valence electrons. The Balaban J connectivity index is 1.86. The van der Waals surface area contributed by atoms with Gasteiger partial charge >= 0.3 is 5.97 Å². The summed E-state index contributed by atoms with van der Waals surface area (Å²) in [4.78, 5) is 25.4. The van der Waals surface area contributed by atoms with Gasteiger partial charge in [0.2, 0.25) is 10.0 Å². The summed E-state index contributed by atoms with van der Waals surface area (Å²) in [5, 5.41) is 3.32. The first-order valence-corrected chi connectivity index (χ1v) is 12.6. The van der Waals surface area contributed by atoms with Crippen LogP contribution >= 0.6 is 11.6 Å². The maximum atomic E-state index is 13.1. The second-order valence-electron chi connectivity index (χ2n) is 8.07. The van der Waals surface area contributed by atoms with Crippen LogP contribution < -0.4 is 9.62 Å². The van der Waals surface area contributed by atoms with E-state index in [4.69, 9.17) is 16.3 Å². The van der Waals surface area contributed by atoms with Crippen molar-refractivity contribution in [1.29, 1.82) is 0 Å². The molecule has 0 fully saturated rings. The molecule has 0 saturated carbocycles. The Bertz CT molecular complexity index is 1120. The zero-order valence-corrected chi connectivity index (χ0v) is 19.9. The Kier molecular flexibility index (Phi) is 7.46. The Hall–Kier alpha value is -2.58. The van der Waals surface area contributed by atoms with E-state index in [2.05, 4.69) is 5.32 Å². The highest BCUT2D eigenvalue weighted by atomic mass is 35.5. The molecule has 1 N–H and O–H groups in total. The van der Waals surface area contributed by atoms with E-state index in [1.165, 1.54) is 10.6 Å². The molecule has 1 amide bonds. The normalized spacial score (nSPS) is 14.6. The van der Waals surface area contributed by atoms with Gasteiger partial charge in [0.1, 0.15) is 0 Å². The number of carbonyl (C=O) groups is 2. The van der Waals surface area contributed by atoms with Crippen LogP contribution in [0.2, 0.25) is 5.02 Å². The van der Waals surface area contributed by atoms with E-state index in [-0.39, 0.29) is 18.4 Å². The minimum atomic E-state index is -3.39. The summed E-state index contributed by atoms with van der Waals surface area (Å²) in [6.45, 7) is 3.94. The fourth-order valence-electron chi connectivity index (χ4n) is 3.76. The van der Waals surface area contributed by atoms with Gasteiger partial charge in [-0.25, -0.2) is 8.42 Å². The third-order valence-electron chi connectivity index (χ3n) is 5.14. The van der Waals surface area contributed by atoms with E-state index in [9.17, 15) is 18.0 Å². The molecular weight excluding hydrogens is 452 g/mol. The highest BCUT2D eigenvalue weighted by Crippen LogP contribution is 2.31. The zero-order valence-electron chi connectivity index (χ0n) is 18.3. The number of aryl methyl sites for hydroxylation is 1. The van der Waals surface area contributed by atoms with Gasteiger partial charge in [0.05, 0.1) is 30.5 Å². The van der Waals surface area contributed by atoms with Gasteiger partial charge in [-0.15, -0.1) is 0 Å². The average Bonchev–Trinajstić information content (AvgIpc) is 2.71. The molecule has 2 aromatic rings. The Morgan fingerprint density at radius 1 is 1.19 bits per heavy atom. The Morgan fingerprint density at radius 3 is 2.56 bits per heavy atom. The maximum absolute atomic E-state index is 13.1. The molecule has 1 heterocycles. The third kappa shape index (κ3) is 5.81. The monoisotopic (exact) mass is 478 g/mol. The molecule has 0 spiro atoms. The second kappa shape index (κ2) is 9.92. The number of fused-ring (bicyclic) bond motifs is 1. The molecule has 3 rings (SSSR count). The average molecular weight is 479 g/mol. The lowest BCUT2D eigenvalue weighted by Crippen LogP contribution is -2.35. The first kappa shape index (κ1) is 24.1. The predicted molar refractivity (Wildman–Crippen MR) is 124 cm³/mol. The Labute approximate surface area is 193 Å². The molecule has 0 aliphatic carbocycles. The number of anilines is 1. The van der Waals surface area contributed by atoms with E-state index in [0.717, 1.165) is 5.56 Å². The van der Waals surface area contributed by atoms with E-state index < -0.39 is 22.0 Å². The number of rotatable bonds is 7. The summed E-state index contributed by atoms with van der Waals surface area (Å²) in [7, 11) is -3.39. The minimum absolute atomic E-state index is 0.0690. The summed E-state index contributed by atoms with van der Waals surface area (Å²) >= 11 is 6.33. The van der Waals surface area contributed by atoms with Crippen molar-refractivity contribution in [2.45, 2.75) is 45.3 Å². The zero-order chi connectivity index (χ0) is 23.5. The topological polar surface area (TPSA) is 92.8 Å². The molecule has 0 aromatic heterocycles. The van der Waals surface area contributed by atoms with Gasteiger partial charge in [0.25, 0.3) is 5.91 Å². The number of hydrogen-bond donors (Lipinski definition) is 1. The lowest BCUT2D eigenvalue weighted by atomic mass is 9.99. The number of ether oxygens (including phenoxy) is 1. The lowest BCUT2D eigenvalue weighted by Gasteiger charge is -2.29. The summed E-state index contributed by atoms with van der Waals surface area (Å²) < 4.78 is 30.8. The van der Waals surface area contributed by atoms with Crippen molar-refractivity contribution in [3.05, 3.63) is 64.2 Å². The largest absolute Gasteiger partial charge is 0.463 e. The lowest BCUT2D eigenvalue weighted by molar-refractivity contribution is -0.147. The number of halogens is 1. The van der Waals surface area contributed by atoms with Crippen molar-refractivity contribution in [2.75, 3.05) is 17.1 Å². The molecule has 2 aromatic carbocycles. The smallest absolute Gasteiger partial charge is 0.308 e. The minimum Gasteiger partial charge on any atom is -0.463 e. The summed E-state index contributed by atoms with van der Waals surface area (Å²) in [6.07, 6.45) is 2.18. The van der Waals surface area contributed by atoms with Gasteiger partial charge in [0, 0.05) is 17.1 Å². The molecule has 0 bridgehead atoms. The van der Waals surface area contributed by atoms with Crippen molar-refractivity contribution >= 4 is 39.2 Å². The number of carbonyl (C=O) groups excluding carboxylic acids is 2. The van der Waals surface area contributed by atoms with Crippen LogP contribution in [0.5, 0.6) is 0 Å². The van der Waals surface area contributed by atoms with Crippen molar-refractivity contribution in [2.24, 2.45) is 0 Å². The van der Waals surface area contributed by atoms with E-state index in [0.29, 0.717) is 41.2 Å². The molecule has 7 nitrogen and oxygen atoms in total. The number of nitrogens with one attached hydrogen (secondary N) is 1. The number of sulfonamides is 1. The summed E-state index contributed by atoms with van der Waals surface area (Å²) in [6, 6.07) is 11.3. The van der Waals surface area contributed by atoms with E-state index in [1.54, 1.807) is 56.3 Å². The fourth-order valence-corrected chi connectivity index (χ4v) is 5.03. The first-order valence-electron chi connectivity index (χ1n) is 10.4. The highest BCUT2D eigenvalue weighted by Gasteiger charge is 2.26. The highest BCUT2D eigenvalue weighted by molar-refractivity contribution is 7.92. The molecule has 32 heavy (non-hydrogen) atoms. The quantitative estimate of drug-likeness (QED) is 0.610. The third-order valence-corrected chi connectivity index (χ3v) is 6.67. The maximum Gasteiger partial charge on any atom is 0.308 e. The first-order chi connectivity index (χ1) is 15.1. The van der Waals surface area contributed by atoms with Crippen LogP contribution in [0.25, 0.3) is 0 Å². The standard InChI is InChI=1S/C23H27ClN2O5S/c1-15(2)31-22(27)14-20(18-8-4-5-9-19(18)24)25-23(28)17-10-11-21-16(13-17)7-6-12-26(21)32(3,29)30/h4-5,8-11,13,15,20H,6-7,12,14H2,1-3H3,(H,25,28)/t20-/m0/s1. The summed E-state index contributed by atoms with van der Waals surface area (Å²) in [5.74, 6) is -0.828. The van der Waals surface area contributed by atoms with Gasteiger partial charge in [-0.2, -0.15) is 0 Å². The van der Waals surface area contributed by atoms with Crippen LogP contribution in [0.4, 0.5) is 5.69 Å². The molecule has 1 atom stereocenters. The second-order valence-corrected chi connectivity index (χ2v) is 10.4. The van der Waals surface area contributed by atoms with Crippen LogP contribution in [-0.4, -0.2) is 39.2 Å². The molecule has 0 unspecified atom stereocenters. The van der Waals surface area contributed by atoms with Gasteiger partial charge in [-0.3, -0.25) is 13.9 Å². The summed E-state index contributed by atoms with van der Waals surface area (Å²) in [5.41, 5.74) is 2.39. The molecule has 0 saturated heterocycles. The van der Waals surface area contributed by atoms with Gasteiger partial charge in [-0.05, 0) is 62.1 Å². The van der Waals surface area contributed by atoms with Crippen molar-refractivity contribution in [1.82, 2.24) is 5.32 Å². The predicted octanol–water partition coefficient (Wildman–Crippen LogP) is 3.87. The molecular formula is C23H27ClN2O5S. The van der Waals surface area contributed by atoms with Gasteiger partial charge < -0.3 is 10.1 Å². The molecule has 1 aliphatic heterocycles. The van der Waals surface area contributed by atoms with Crippen LogP contribution in [0.15, 0.2) is 42.5 Å². The number of benzene rings is 2. The van der Waals surface area contributed by atoms with Crippen molar-refractivity contribution in [3.8, 4) is 0 Å². The number of esters is 1. The number of hydrogen-bond acceptors (Lipinski definition) is 5. The number of amides is 1. The fraction of sp³-hybridized carbons (Fsp3) is 0.391. The van der Waals surface area contributed by atoms with Crippen LogP contribution in [0.1, 0.15) is 54.2 Å². The molecule has 9 heteroatoms. The van der Waals surface area contributed by atoms with Crippen molar-refractivity contribution in [3.63, 3.8) is 0 Å². The molecule has 1 aliphatic rings. The number of nitrogens with zero attached hydrogens (tertiary/aromatic N) is 1. The van der Waals surface area contributed by atoms with Crippen LogP contribution in [0, 0.1) is 0 Å². The van der Waals surface area contributed by atoms with E-state index >= 15 is 0 Å². The van der Waals surface area contributed by atoms with Gasteiger partial charge in [0.15, 0.2) is 0 Å². The van der Waals surface area contributed by atoms with Crippen molar-refractivity contribution < 1.29 is 22.7 Å². The molecule has 0 radical (unpaired) electrons. The van der Waals surface area contributed by atoms with Gasteiger partial charge in [-0.1, -0.05) is 29.8 Å². The van der Waals surface area contributed by atoms with E-state index in [1.807, 2.05) is 0 Å². The Morgan fingerprint density at radius 2 is 1.91 bits per heavy atom.